The van der Waals surface area contributed by atoms with E-state index in [0.717, 1.165) is 31.6 Å². The van der Waals surface area contributed by atoms with E-state index in [-0.39, 0.29) is 5.78 Å². The maximum absolute atomic E-state index is 11.6. The lowest BCUT2D eigenvalue weighted by molar-refractivity contribution is 0.102. The lowest BCUT2D eigenvalue weighted by Crippen LogP contribution is -1.92. The molecule has 3 rings (SSSR count). The molecule has 0 atom stereocenters. The third-order valence-corrected chi connectivity index (χ3v) is 5.12. The Bertz CT molecular complexity index is 801. The van der Waals surface area contributed by atoms with Crippen LogP contribution in [-0.4, -0.2) is 21.6 Å². The maximum atomic E-state index is 11.6. The molecule has 0 N–H and O–H groups in total. The van der Waals surface area contributed by atoms with Gasteiger partial charge in [0, 0.05) is 0 Å². The molecule has 0 spiro atoms. The van der Waals surface area contributed by atoms with Crippen molar-refractivity contribution < 1.29 is 4.79 Å². The van der Waals surface area contributed by atoms with Crippen molar-refractivity contribution in [2.45, 2.75) is 19.0 Å². The van der Waals surface area contributed by atoms with Crippen LogP contribution in [0.4, 0.5) is 0 Å². The molecule has 3 aromatic rings. The van der Waals surface area contributed by atoms with Gasteiger partial charge < -0.3 is 0 Å². The van der Waals surface area contributed by atoms with Gasteiger partial charge >= 0.3 is 0 Å². The predicted molar refractivity (Wildman–Crippen MR) is 85.5 cm³/mol. The zero-order chi connectivity index (χ0) is 14.3. The number of carbonyl (C=O) groups excluding carboxylic acids is 1. The molecule has 0 bridgehead atoms. The molecule has 102 valence electrons. The predicted octanol–water partition coefficient (Wildman–Crippen LogP) is 4.32. The van der Waals surface area contributed by atoms with Crippen LogP contribution in [0.1, 0.15) is 22.2 Å². The van der Waals surface area contributed by atoms with E-state index in [2.05, 4.69) is 21.7 Å². The topological polar surface area (TPSA) is 34.9 Å². The van der Waals surface area contributed by atoms with Crippen LogP contribution in [-0.2, 0) is 0 Å². The number of nitrogens with zero attached hydrogens (tertiary/aromatic N) is 2. The monoisotopic (exact) mass is 302 g/mol. The largest absolute Gasteiger partial charge is 0.294 e. The molecule has 0 aliphatic carbocycles. The summed E-state index contributed by atoms with van der Waals surface area (Å²) in [6.45, 7) is 3.60. The Morgan fingerprint density at radius 1 is 1.35 bits per heavy atom. The molecule has 2 heterocycles. The summed E-state index contributed by atoms with van der Waals surface area (Å²) in [6.07, 6.45) is 2.02. The number of ketones is 1. The quantitative estimate of drug-likeness (QED) is 0.534. The molecule has 0 aliphatic rings. The van der Waals surface area contributed by atoms with Crippen molar-refractivity contribution in [1.82, 2.24) is 9.55 Å². The fourth-order valence-corrected chi connectivity index (χ4v) is 3.99. The first kappa shape index (κ1) is 13.4. The number of aromatic nitrogens is 2. The van der Waals surface area contributed by atoms with Gasteiger partial charge in [-0.05, 0) is 43.9 Å². The second-order valence-corrected chi connectivity index (χ2v) is 6.38. The first-order valence-electron chi connectivity index (χ1n) is 6.25. The van der Waals surface area contributed by atoms with E-state index < -0.39 is 0 Å². The summed E-state index contributed by atoms with van der Waals surface area (Å²) in [6, 6.07) is 10.1. The van der Waals surface area contributed by atoms with Crippen LogP contribution >= 0.6 is 23.1 Å². The highest BCUT2D eigenvalue weighted by atomic mass is 32.2. The van der Waals surface area contributed by atoms with Gasteiger partial charge in [0.15, 0.2) is 10.9 Å². The minimum Gasteiger partial charge on any atom is -0.294 e. The number of thioether (sulfide) groups is 1. The van der Waals surface area contributed by atoms with Crippen LogP contribution in [0.25, 0.3) is 16.0 Å². The van der Waals surface area contributed by atoms with E-state index in [9.17, 15) is 4.79 Å². The summed E-state index contributed by atoms with van der Waals surface area (Å²) in [4.78, 5) is 17.1. The van der Waals surface area contributed by atoms with Gasteiger partial charge in [-0.3, -0.25) is 9.36 Å². The van der Waals surface area contributed by atoms with Gasteiger partial charge in [-0.15, -0.1) is 11.3 Å². The number of Topliss-reactive ketones (excluding diaryl/α,β-unsaturated/α-hetero) is 1. The van der Waals surface area contributed by atoms with Gasteiger partial charge in [0.2, 0.25) is 0 Å². The van der Waals surface area contributed by atoms with E-state index in [1.807, 2.05) is 31.4 Å². The Balaban J connectivity index is 2.28. The van der Waals surface area contributed by atoms with Crippen molar-refractivity contribution in [2.24, 2.45) is 0 Å². The van der Waals surface area contributed by atoms with Crippen molar-refractivity contribution in [2.75, 3.05) is 6.26 Å². The van der Waals surface area contributed by atoms with Crippen LogP contribution in [0.2, 0.25) is 0 Å². The van der Waals surface area contributed by atoms with Crippen LogP contribution in [0, 0.1) is 6.92 Å². The Labute approximate surface area is 125 Å². The second-order valence-electron chi connectivity index (χ2n) is 4.58. The van der Waals surface area contributed by atoms with E-state index in [4.69, 9.17) is 0 Å². The van der Waals surface area contributed by atoms with Gasteiger partial charge in [-0.25, -0.2) is 4.98 Å². The molecule has 1 aromatic carbocycles. The fourth-order valence-electron chi connectivity index (χ4n) is 2.28. The van der Waals surface area contributed by atoms with Gasteiger partial charge in [0.25, 0.3) is 0 Å². The smallest absolute Gasteiger partial charge is 0.174 e. The SMILES string of the molecule is CSc1nc2ccccc2n1-c1cc(C)c(C(C)=O)s1. The Morgan fingerprint density at radius 3 is 2.75 bits per heavy atom. The third kappa shape index (κ3) is 2.07. The zero-order valence-electron chi connectivity index (χ0n) is 11.5. The van der Waals surface area contributed by atoms with Crippen molar-refractivity contribution in [1.29, 1.82) is 0 Å². The van der Waals surface area contributed by atoms with Crippen molar-refractivity contribution in [3.05, 3.63) is 40.8 Å². The molecule has 2 aromatic heterocycles. The lowest BCUT2D eigenvalue weighted by atomic mass is 10.2. The minimum absolute atomic E-state index is 0.119. The van der Waals surface area contributed by atoms with E-state index in [1.54, 1.807) is 18.7 Å². The standard InChI is InChI=1S/C15H14N2OS2/c1-9-8-13(20-14(9)10(2)18)17-12-7-5-4-6-11(12)16-15(17)19-3/h4-8H,1-3H3. The molecule has 0 unspecified atom stereocenters. The summed E-state index contributed by atoms with van der Waals surface area (Å²) < 4.78 is 2.13. The Morgan fingerprint density at radius 2 is 2.10 bits per heavy atom. The van der Waals surface area contributed by atoms with Crippen LogP contribution < -0.4 is 0 Å². The van der Waals surface area contributed by atoms with Gasteiger partial charge in [-0.1, -0.05) is 23.9 Å². The number of carbonyl (C=O) groups is 1. The summed E-state index contributed by atoms with van der Waals surface area (Å²) in [5, 5.41) is 1.99. The number of aryl methyl sites for hydroxylation is 1. The molecule has 0 saturated carbocycles. The number of hydrogen-bond acceptors (Lipinski definition) is 4. The highest BCUT2D eigenvalue weighted by Crippen LogP contribution is 2.32. The molecule has 0 fully saturated rings. The molecule has 3 nitrogen and oxygen atoms in total. The highest BCUT2D eigenvalue weighted by molar-refractivity contribution is 7.98. The number of hydrogen-bond donors (Lipinski definition) is 0. The third-order valence-electron chi connectivity index (χ3n) is 3.16. The molecular formula is C15H14N2OS2. The van der Waals surface area contributed by atoms with Crippen molar-refractivity contribution >= 4 is 39.9 Å². The number of rotatable bonds is 3. The van der Waals surface area contributed by atoms with Crippen LogP contribution in [0.5, 0.6) is 0 Å². The number of fused-ring (bicyclic) bond motifs is 1. The average Bonchev–Trinajstić information content (AvgIpc) is 2.98. The first-order valence-corrected chi connectivity index (χ1v) is 8.29. The number of imidazole rings is 1. The molecule has 0 aliphatic heterocycles. The summed E-state index contributed by atoms with van der Waals surface area (Å²) in [7, 11) is 0. The van der Waals surface area contributed by atoms with Gasteiger partial charge in [0.05, 0.1) is 15.9 Å². The maximum Gasteiger partial charge on any atom is 0.174 e. The van der Waals surface area contributed by atoms with E-state index in [1.165, 1.54) is 11.3 Å². The second kappa shape index (κ2) is 5.07. The fraction of sp³-hybridized carbons (Fsp3) is 0.200. The molecule has 0 radical (unpaired) electrons. The van der Waals surface area contributed by atoms with Crippen molar-refractivity contribution in [3.8, 4) is 5.00 Å². The normalized spacial score (nSPS) is 11.2. The van der Waals surface area contributed by atoms with E-state index in [0.29, 0.717) is 0 Å². The molecular weight excluding hydrogens is 288 g/mol. The molecule has 0 saturated heterocycles. The number of thiophene rings is 1. The van der Waals surface area contributed by atoms with Gasteiger partial charge in [0.1, 0.15) is 5.00 Å². The summed E-state index contributed by atoms with van der Waals surface area (Å²) in [5.41, 5.74) is 3.09. The first-order chi connectivity index (χ1) is 9.61. The van der Waals surface area contributed by atoms with E-state index >= 15 is 0 Å². The summed E-state index contributed by atoms with van der Waals surface area (Å²) >= 11 is 3.14. The van der Waals surface area contributed by atoms with Crippen LogP contribution in [0.3, 0.4) is 0 Å². The van der Waals surface area contributed by atoms with Crippen molar-refractivity contribution in [3.63, 3.8) is 0 Å². The summed E-state index contributed by atoms with van der Waals surface area (Å²) in [5.74, 6) is 0.119. The zero-order valence-corrected chi connectivity index (χ0v) is 13.1. The lowest BCUT2D eigenvalue weighted by Gasteiger charge is -2.03. The molecule has 20 heavy (non-hydrogen) atoms. The Kier molecular flexibility index (Phi) is 3.40. The average molecular weight is 302 g/mol. The highest BCUT2D eigenvalue weighted by Gasteiger charge is 2.16. The Hall–Kier alpha value is -1.59. The van der Waals surface area contributed by atoms with Crippen LogP contribution in [0.15, 0.2) is 35.5 Å². The molecule has 5 heteroatoms. The number of benzene rings is 1. The number of para-hydroxylation sites is 2. The van der Waals surface area contributed by atoms with Gasteiger partial charge in [-0.2, -0.15) is 0 Å². The molecule has 0 amide bonds. The minimum atomic E-state index is 0.119.